The summed E-state index contributed by atoms with van der Waals surface area (Å²) < 4.78 is 0.161. The highest BCUT2D eigenvalue weighted by Gasteiger charge is 2.41. The number of carbonyl (C=O) groups is 1. The number of carboxylic acids is 1. The molecule has 0 amide bonds. The zero-order chi connectivity index (χ0) is 7.72. The molecule has 1 rings (SSSR count). The van der Waals surface area contributed by atoms with Gasteiger partial charge in [0.05, 0.1) is 5.92 Å². The molecule has 0 spiro atoms. The molecule has 0 heterocycles. The van der Waals surface area contributed by atoms with E-state index < -0.39 is 5.97 Å². The largest absolute Gasteiger partial charge is 0.481 e. The Kier molecular flexibility index (Phi) is 2.21. The van der Waals surface area contributed by atoms with Crippen LogP contribution in [0.1, 0.15) is 6.42 Å². The molecule has 1 N–H and O–H groups in total. The average molecular weight is 181 g/mol. The first-order valence-corrected chi connectivity index (χ1v) is 3.62. The fourth-order valence-electron chi connectivity index (χ4n) is 0.845. The number of rotatable bonds is 2. The number of aliphatic carboxylic acids is 1. The maximum Gasteiger partial charge on any atom is 0.307 e. The van der Waals surface area contributed by atoms with E-state index in [1.165, 1.54) is 0 Å². The summed E-state index contributed by atoms with van der Waals surface area (Å²) in [5.74, 6) is -0.967. The quantitative estimate of drug-likeness (QED) is 0.707. The highest BCUT2D eigenvalue weighted by Crippen LogP contribution is 2.41. The van der Waals surface area contributed by atoms with Crippen molar-refractivity contribution in [3.05, 3.63) is 10.6 Å². The monoisotopic (exact) mass is 180 g/mol. The van der Waals surface area contributed by atoms with Crippen LogP contribution in [0.2, 0.25) is 0 Å². The Balaban J connectivity index is 2.40. The average Bonchev–Trinajstić information content (AvgIpc) is 2.43. The molecule has 0 bridgehead atoms. The zero-order valence-electron chi connectivity index (χ0n) is 5.05. The Labute approximate surface area is 68.4 Å². The van der Waals surface area contributed by atoms with E-state index in [0.717, 1.165) is 0 Å². The third-order valence-electron chi connectivity index (χ3n) is 1.50. The van der Waals surface area contributed by atoms with E-state index >= 15 is 0 Å². The smallest absolute Gasteiger partial charge is 0.307 e. The summed E-state index contributed by atoms with van der Waals surface area (Å²) in [6.07, 6.45) is 2.24. The number of hydrogen-bond acceptors (Lipinski definition) is 1. The molecule has 0 radical (unpaired) electrons. The van der Waals surface area contributed by atoms with E-state index in [0.29, 0.717) is 6.42 Å². The minimum atomic E-state index is -0.768. The van der Waals surface area contributed by atoms with Crippen LogP contribution in [-0.4, -0.2) is 11.1 Å². The standard InChI is InChI=1S/C6H6Cl2O2/c7-5(8)2-3-1-4(3)6(9)10/h2-4H,1H2,(H,9,10). The van der Waals surface area contributed by atoms with Gasteiger partial charge < -0.3 is 5.11 Å². The summed E-state index contributed by atoms with van der Waals surface area (Å²) in [6, 6.07) is 0. The first kappa shape index (κ1) is 7.89. The fourth-order valence-corrected chi connectivity index (χ4v) is 1.17. The van der Waals surface area contributed by atoms with Gasteiger partial charge in [-0.15, -0.1) is 0 Å². The Morgan fingerprint density at radius 3 is 2.50 bits per heavy atom. The van der Waals surface area contributed by atoms with E-state index in [1.54, 1.807) is 6.08 Å². The third-order valence-corrected chi connectivity index (χ3v) is 1.75. The van der Waals surface area contributed by atoms with Gasteiger partial charge in [0.25, 0.3) is 0 Å². The highest BCUT2D eigenvalue weighted by molar-refractivity contribution is 6.55. The molecule has 1 aliphatic carbocycles. The Hall–Kier alpha value is -0.210. The molecular formula is C6H6Cl2O2. The van der Waals surface area contributed by atoms with Crippen molar-refractivity contribution < 1.29 is 9.90 Å². The first-order chi connectivity index (χ1) is 4.61. The number of halogens is 2. The summed E-state index contributed by atoms with van der Waals surface area (Å²) in [7, 11) is 0. The van der Waals surface area contributed by atoms with Crippen molar-refractivity contribution in [1.82, 2.24) is 0 Å². The van der Waals surface area contributed by atoms with Crippen molar-refractivity contribution in [3.63, 3.8) is 0 Å². The van der Waals surface area contributed by atoms with Crippen LogP contribution in [0.3, 0.4) is 0 Å². The minimum absolute atomic E-state index is 0.0579. The number of carboxylic acid groups (broad SMARTS) is 1. The van der Waals surface area contributed by atoms with Gasteiger partial charge in [-0.1, -0.05) is 29.3 Å². The molecule has 1 aliphatic rings. The maximum atomic E-state index is 10.2. The minimum Gasteiger partial charge on any atom is -0.481 e. The van der Waals surface area contributed by atoms with Gasteiger partial charge >= 0.3 is 5.97 Å². The molecule has 0 aromatic carbocycles. The fraction of sp³-hybridized carbons (Fsp3) is 0.500. The van der Waals surface area contributed by atoms with Crippen LogP contribution in [0, 0.1) is 11.8 Å². The summed E-state index contributed by atoms with van der Waals surface area (Å²) >= 11 is 10.6. The molecule has 0 aromatic heterocycles. The molecule has 0 saturated heterocycles. The van der Waals surface area contributed by atoms with Crippen molar-refractivity contribution in [2.75, 3.05) is 0 Å². The summed E-state index contributed by atoms with van der Waals surface area (Å²) in [4.78, 5) is 10.2. The third kappa shape index (κ3) is 1.89. The summed E-state index contributed by atoms with van der Waals surface area (Å²) in [6.45, 7) is 0. The van der Waals surface area contributed by atoms with Gasteiger partial charge in [0.2, 0.25) is 0 Å². The van der Waals surface area contributed by atoms with Crippen LogP contribution in [0.15, 0.2) is 10.6 Å². The van der Waals surface area contributed by atoms with Crippen LogP contribution >= 0.6 is 23.2 Å². The maximum absolute atomic E-state index is 10.2. The van der Waals surface area contributed by atoms with E-state index in [-0.39, 0.29) is 16.3 Å². The summed E-state index contributed by atoms with van der Waals surface area (Å²) in [5, 5.41) is 8.42. The van der Waals surface area contributed by atoms with Gasteiger partial charge in [0.1, 0.15) is 4.49 Å². The van der Waals surface area contributed by atoms with Crippen molar-refractivity contribution in [2.45, 2.75) is 6.42 Å². The van der Waals surface area contributed by atoms with Crippen LogP contribution < -0.4 is 0 Å². The molecule has 4 heteroatoms. The highest BCUT2D eigenvalue weighted by atomic mass is 35.5. The molecule has 10 heavy (non-hydrogen) atoms. The Bertz CT molecular complexity index is 184. The second-order valence-corrected chi connectivity index (χ2v) is 3.31. The van der Waals surface area contributed by atoms with Gasteiger partial charge in [-0.3, -0.25) is 4.79 Å². The molecule has 1 saturated carbocycles. The lowest BCUT2D eigenvalue weighted by Crippen LogP contribution is -1.97. The molecule has 2 unspecified atom stereocenters. The van der Waals surface area contributed by atoms with Gasteiger partial charge in [-0.2, -0.15) is 0 Å². The lowest BCUT2D eigenvalue weighted by molar-refractivity contribution is -0.138. The van der Waals surface area contributed by atoms with Gasteiger partial charge in [-0.05, 0) is 12.3 Å². The zero-order valence-corrected chi connectivity index (χ0v) is 6.56. The predicted octanol–water partition coefficient (Wildman–Crippen LogP) is 2.03. The lowest BCUT2D eigenvalue weighted by Gasteiger charge is -1.84. The first-order valence-electron chi connectivity index (χ1n) is 2.87. The SMILES string of the molecule is O=C(O)C1CC1C=C(Cl)Cl. The molecule has 2 nitrogen and oxygen atoms in total. The van der Waals surface area contributed by atoms with Crippen LogP contribution in [-0.2, 0) is 4.79 Å². The second-order valence-electron chi connectivity index (χ2n) is 2.30. The van der Waals surface area contributed by atoms with E-state index in [1.807, 2.05) is 0 Å². The Morgan fingerprint density at radius 1 is 1.60 bits per heavy atom. The number of hydrogen-bond donors (Lipinski definition) is 1. The lowest BCUT2D eigenvalue weighted by atomic mass is 10.3. The van der Waals surface area contributed by atoms with Crippen molar-refractivity contribution in [1.29, 1.82) is 0 Å². The summed E-state index contributed by atoms with van der Waals surface area (Å²) in [5.41, 5.74) is 0. The van der Waals surface area contributed by atoms with Crippen LogP contribution in [0.25, 0.3) is 0 Å². The van der Waals surface area contributed by atoms with Crippen molar-refractivity contribution in [3.8, 4) is 0 Å². The topological polar surface area (TPSA) is 37.3 Å². The van der Waals surface area contributed by atoms with Crippen LogP contribution in [0.5, 0.6) is 0 Å². The van der Waals surface area contributed by atoms with Crippen molar-refractivity contribution >= 4 is 29.2 Å². The Morgan fingerprint density at radius 2 is 2.20 bits per heavy atom. The normalized spacial score (nSPS) is 29.4. The molecule has 0 aromatic rings. The van der Waals surface area contributed by atoms with Gasteiger partial charge in [0, 0.05) is 0 Å². The molecule has 1 fully saturated rings. The van der Waals surface area contributed by atoms with Crippen LogP contribution in [0.4, 0.5) is 0 Å². The molecular weight excluding hydrogens is 175 g/mol. The number of allylic oxidation sites excluding steroid dienone is 1. The van der Waals surface area contributed by atoms with Gasteiger partial charge in [-0.25, -0.2) is 0 Å². The molecule has 56 valence electrons. The van der Waals surface area contributed by atoms with Crippen molar-refractivity contribution in [2.24, 2.45) is 11.8 Å². The van der Waals surface area contributed by atoms with E-state index in [4.69, 9.17) is 28.3 Å². The predicted molar refractivity (Wildman–Crippen MR) is 39.0 cm³/mol. The van der Waals surface area contributed by atoms with E-state index in [2.05, 4.69) is 0 Å². The van der Waals surface area contributed by atoms with Gasteiger partial charge in [0.15, 0.2) is 0 Å². The molecule has 2 atom stereocenters. The second kappa shape index (κ2) is 2.81. The van der Waals surface area contributed by atoms with E-state index in [9.17, 15) is 4.79 Å². The molecule has 0 aliphatic heterocycles.